The topological polar surface area (TPSA) is 28.2 Å². The van der Waals surface area contributed by atoms with Crippen LogP contribution in [0.4, 0.5) is 11.5 Å². The Morgan fingerprint density at radius 1 is 1.19 bits per heavy atom. The third-order valence-corrected chi connectivity index (χ3v) is 4.37. The van der Waals surface area contributed by atoms with Crippen LogP contribution in [0.25, 0.3) is 0 Å². The largest absolute Gasteiger partial charge is 0.326 e. The van der Waals surface area contributed by atoms with Crippen LogP contribution in [-0.4, -0.2) is 17.6 Å². The molecule has 2 heterocycles. The maximum absolute atomic E-state index is 4.60. The summed E-state index contributed by atoms with van der Waals surface area (Å²) in [5.74, 6) is 1.08. The van der Waals surface area contributed by atoms with E-state index in [0.29, 0.717) is 0 Å². The standard InChI is InChI=1S/C18H21N3/c1-2-6-17-15(4-1)5-3-11-21(17)18-12-14(9-10-19-18)13-20-16-7-8-16/h1-2,4,6,9-10,12,16,20H,3,5,7-8,11,13H2. The molecule has 2 aromatic rings. The quantitative estimate of drug-likeness (QED) is 0.929. The fourth-order valence-electron chi connectivity index (χ4n) is 3.04. The summed E-state index contributed by atoms with van der Waals surface area (Å²) in [5.41, 5.74) is 4.09. The second kappa shape index (κ2) is 5.49. The van der Waals surface area contributed by atoms with Gasteiger partial charge in [-0.2, -0.15) is 0 Å². The highest BCUT2D eigenvalue weighted by atomic mass is 15.2. The van der Waals surface area contributed by atoms with Gasteiger partial charge in [0.25, 0.3) is 0 Å². The van der Waals surface area contributed by atoms with Crippen LogP contribution in [0.15, 0.2) is 42.6 Å². The summed E-state index contributed by atoms with van der Waals surface area (Å²) in [5, 5.41) is 3.58. The lowest BCUT2D eigenvalue weighted by atomic mass is 10.0. The van der Waals surface area contributed by atoms with Gasteiger partial charge in [0, 0.05) is 31.0 Å². The van der Waals surface area contributed by atoms with E-state index in [-0.39, 0.29) is 0 Å². The molecule has 0 amide bonds. The Morgan fingerprint density at radius 3 is 3.00 bits per heavy atom. The third kappa shape index (κ3) is 2.79. The fourth-order valence-corrected chi connectivity index (χ4v) is 3.04. The Morgan fingerprint density at radius 2 is 2.10 bits per heavy atom. The summed E-state index contributed by atoms with van der Waals surface area (Å²) >= 11 is 0. The van der Waals surface area contributed by atoms with Gasteiger partial charge in [-0.3, -0.25) is 0 Å². The van der Waals surface area contributed by atoms with Crippen LogP contribution in [0.1, 0.15) is 30.4 Å². The number of nitrogens with one attached hydrogen (secondary N) is 1. The van der Waals surface area contributed by atoms with Crippen molar-refractivity contribution in [2.75, 3.05) is 11.4 Å². The molecule has 1 N–H and O–H groups in total. The number of aryl methyl sites for hydroxylation is 1. The van der Waals surface area contributed by atoms with Crippen molar-refractivity contribution in [3.63, 3.8) is 0 Å². The van der Waals surface area contributed by atoms with E-state index < -0.39 is 0 Å². The van der Waals surface area contributed by atoms with E-state index in [9.17, 15) is 0 Å². The third-order valence-electron chi connectivity index (χ3n) is 4.37. The number of aromatic nitrogens is 1. The maximum Gasteiger partial charge on any atom is 0.133 e. The molecule has 108 valence electrons. The molecule has 0 spiro atoms. The van der Waals surface area contributed by atoms with Crippen molar-refractivity contribution in [2.24, 2.45) is 0 Å². The molecule has 1 aromatic heterocycles. The highest BCUT2D eigenvalue weighted by molar-refractivity contribution is 5.65. The average molecular weight is 279 g/mol. The second-order valence-corrected chi connectivity index (χ2v) is 6.06. The highest BCUT2D eigenvalue weighted by Crippen LogP contribution is 2.32. The van der Waals surface area contributed by atoms with Crippen molar-refractivity contribution in [1.29, 1.82) is 0 Å². The highest BCUT2D eigenvalue weighted by Gasteiger charge is 2.21. The van der Waals surface area contributed by atoms with Crippen LogP contribution < -0.4 is 10.2 Å². The van der Waals surface area contributed by atoms with Gasteiger partial charge in [0.1, 0.15) is 5.82 Å². The van der Waals surface area contributed by atoms with Crippen LogP contribution in [-0.2, 0) is 13.0 Å². The van der Waals surface area contributed by atoms with E-state index >= 15 is 0 Å². The van der Waals surface area contributed by atoms with Gasteiger partial charge in [0.15, 0.2) is 0 Å². The number of anilines is 2. The minimum Gasteiger partial charge on any atom is -0.326 e. The number of benzene rings is 1. The van der Waals surface area contributed by atoms with Gasteiger partial charge in [0.05, 0.1) is 0 Å². The zero-order valence-corrected chi connectivity index (χ0v) is 12.3. The zero-order valence-electron chi connectivity index (χ0n) is 12.3. The van der Waals surface area contributed by atoms with Crippen molar-refractivity contribution < 1.29 is 0 Å². The maximum atomic E-state index is 4.60. The number of hydrogen-bond acceptors (Lipinski definition) is 3. The molecule has 0 radical (unpaired) electrons. The SMILES string of the molecule is c1ccc2c(c1)CCCN2c1cc(CNC2CC2)ccn1. The first-order chi connectivity index (χ1) is 10.4. The molecule has 0 atom stereocenters. The minimum atomic E-state index is 0.748. The van der Waals surface area contributed by atoms with E-state index in [0.717, 1.165) is 24.9 Å². The summed E-state index contributed by atoms with van der Waals surface area (Å²) in [6.07, 6.45) is 6.98. The lowest BCUT2D eigenvalue weighted by Crippen LogP contribution is -2.25. The van der Waals surface area contributed by atoms with E-state index in [1.807, 2.05) is 6.20 Å². The molecule has 0 bridgehead atoms. The van der Waals surface area contributed by atoms with Crippen molar-refractivity contribution in [1.82, 2.24) is 10.3 Å². The fraction of sp³-hybridized carbons (Fsp3) is 0.389. The number of nitrogens with zero attached hydrogens (tertiary/aromatic N) is 2. The number of rotatable bonds is 4. The zero-order chi connectivity index (χ0) is 14.1. The molecular formula is C18H21N3. The van der Waals surface area contributed by atoms with Crippen molar-refractivity contribution >= 4 is 11.5 Å². The molecule has 1 aliphatic heterocycles. The molecule has 2 aliphatic rings. The average Bonchev–Trinajstić information content (AvgIpc) is 3.37. The molecule has 1 aromatic carbocycles. The van der Waals surface area contributed by atoms with Crippen LogP contribution in [0, 0.1) is 0 Å². The molecule has 1 fully saturated rings. The number of pyridine rings is 1. The van der Waals surface area contributed by atoms with Gasteiger partial charge in [-0.15, -0.1) is 0 Å². The first kappa shape index (κ1) is 12.8. The van der Waals surface area contributed by atoms with Gasteiger partial charge < -0.3 is 10.2 Å². The Hall–Kier alpha value is -1.87. The van der Waals surface area contributed by atoms with Gasteiger partial charge in [-0.05, 0) is 55.0 Å². The lowest BCUT2D eigenvalue weighted by Gasteiger charge is -2.30. The van der Waals surface area contributed by atoms with Crippen LogP contribution in [0.5, 0.6) is 0 Å². The van der Waals surface area contributed by atoms with E-state index in [2.05, 4.69) is 51.6 Å². The Labute approximate surface area is 126 Å². The lowest BCUT2D eigenvalue weighted by molar-refractivity contribution is 0.686. The first-order valence-electron chi connectivity index (χ1n) is 7.94. The Balaban J connectivity index is 1.59. The summed E-state index contributed by atoms with van der Waals surface area (Å²) in [7, 11) is 0. The summed E-state index contributed by atoms with van der Waals surface area (Å²) < 4.78 is 0. The molecular weight excluding hydrogens is 258 g/mol. The Kier molecular flexibility index (Phi) is 3.36. The van der Waals surface area contributed by atoms with Gasteiger partial charge >= 0.3 is 0 Å². The minimum absolute atomic E-state index is 0.748. The van der Waals surface area contributed by atoms with E-state index in [1.54, 1.807) is 0 Å². The first-order valence-corrected chi connectivity index (χ1v) is 7.94. The number of fused-ring (bicyclic) bond motifs is 1. The van der Waals surface area contributed by atoms with E-state index in [1.165, 1.54) is 42.5 Å². The summed E-state index contributed by atoms with van der Waals surface area (Å²) in [6.45, 7) is 2.01. The van der Waals surface area contributed by atoms with Gasteiger partial charge in [-0.1, -0.05) is 18.2 Å². The molecule has 3 nitrogen and oxygen atoms in total. The van der Waals surface area contributed by atoms with Crippen LogP contribution in [0.3, 0.4) is 0 Å². The van der Waals surface area contributed by atoms with Crippen LogP contribution >= 0.6 is 0 Å². The summed E-state index contributed by atoms with van der Waals surface area (Å²) in [6, 6.07) is 13.8. The number of para-hydroxylation sites is 1. The number of hydrogen-bond donors (Lipinski definition) is 1. The normalized spacial score (nSPS) is 17.6. The molecule has 21 heavy (non-hydrogen) atoms. The van der Waals surface area contributed by atoms with Crippen molar-refractivity contribution in [3.8, 4) is 0 Å². The monoisotopic (exact) mass is 279 g/mol. The van der Waals surface area contributed by atoms with Crippen LogP contribution in [0.2, 0.25) is 0 Å². The van der Waals surface area contributed by atoms with Gasteiger partial charge in [-0.25, -0.2) is 4.98 Å². The van der Waals surface area contributed by atoms with Crippen molar-refractivity contribution in [2.45, 2.75) is 38.3 Å². The smallest absolute Gasteiger partial charge is 0.133 e. The Bertz CT molecular complexity index is 634. The van der Waals surface area contributed by atoms with Crippen molar-refractivity contribution in [3.05, 3.63) is 53.7 Å². The van der Waals surface area contributed by atoms with E-state index in [4.69, 9.17) is 0 Å². The predicted molar refractivity (Wildman–Crippen MR) is 85.9 cm³/mol. The molecule has 4 rings (SSSR count). The summed E-state index contributed by atoms with van der Waals surface area (Å²) in [4.78, 5) is 6.96. The molecule has 1 aliphatic carbocycles. The molecule has 0 unspecified atom stereocenters. The van der Waals surface area contributed by atoms with Gasteiger partial charge in [0.2, 0.25) is 0 Å². The second-order valence-electron chi connectivity index (χ2n) is 6.06. The predicted octanol–water partition coefficient (Wildman–Crippen LogP) is 3.42. The molecule has 1 saturated carbocycles. The molecule has 0 saturated heterocycles. The molecule has 3 heteroatoms.